The molecule has 3 heterocycles. The van der Waals surface area contributed by atoms with Gasteiger partial charge in [-0.15, -0.1) is 0 Å². The van der Waals surface area contributed by atoms with Crippen LogP contribution in [0.1, 0.15) is 55.8 Å². The third kappa shape index (κ3) is 5.52. The van der Waals surface area contributed by atoms with Gasteiger partial charge >= 0.3 is 0 Å². The third-order valence-electron chi connectivity index (χ3n) is 7.54. The Labute approximate surface area is 234 Å². The quantitative estimate of drug-likeness (QED) is 0.426. The number of nitrogens with zero attached hydrogens (tertiary/aromatic N) is 4. The van der Waals surface area contributed by atoms with Crippen molar-refractivity contribution in [1.82, 2.24) is 19.7 Å². The highest BCUT2D eigenvalue weighted by Gasteiger charge is 2.34. The summed E-state index contributed by atoms with van der Waals surface area (Å²) in [6.07, 6.45) is 4.67. The molecule has 3 aromatic rings. The molecular formula is C30H36N6O4. The van der Waals surface area contributed by atoms with Gasteiger partial charge in [0.2, 0.25) is 5.95 Å². The summed E-state index contributed by atoms with van der Waals surface area (Å²) >= 11 is 0. The molecule has 10 heteroatoms. The van der Waals surface area contributed by atoms with Crippen LogP contribution in [-0.4, -0.2) is 57.8 Å². The van der Waals surface area contributed by atoms with Crippen LogP contribution in [0, 0.1) is 13.8 Å². The molecule has 0 aliphatic carbocycles. The summed E-state index contributed by atoms with van der Waals surface area (Å²) in [5.74, 6) is 1.25. The standard InChI is InChI=1S/C30H36N6O4/c1-5-39-25-16-22(12-13-24(25)40-17-26(37)35-14-7-6-8-15-35)28-27(21(4)33-30-31-18-32-36(28)30)29(38)34-23-11-9-10-19(2)20(23)3/h9-13,16,18,28H,5-8,14-15,17H2,1-4H3,(H,34,38)(H,31,32,33). The zero-order valence-corrected chi connectivity index (χ0v) is 23.5. The summed E-state index contributed by atoms with van der Waals surface area (Å²) in [6.45, 7) is 9.65. The average Bonchev–Trinajstić information content (AvgIpc) is 3.42. The molecular weight excluding hydrogens is 508 g/mol. The SMILES string of the molecule is CCOc1cc(C2C(C(=O)Nc3cccc(C)c3C)=C(C)Nc3ncnn32)ccc1OCC(=O)N1CCCCC1. The van der Waals surface area contributed by atoms with Gasteiger partial charge in [0.1, 0.15) is 12.4 Å². The monoisotopic (exact) mass is 544 g/mol. The highest BCUT2D eigenvalue weighted by atomic mass is 16.5. The van der Waals surface area contributed by atoms with E-state index in [0.717, 1.165) is 54.7 Å². The maximum Gasteiger partial charge on any atom is 0.260 e. The number of aryl methyl sites for hydroxylation is 1. The molecule has 1 aromatic heterocycles. The number of rotatable bonds is 8. The zero-order chi connectivity index (χ0) is 28.2. The van der Waals surface area contributed by atoms with Gasteiger partial charge in [-0.05, 0) is 81.8 Å². The number of aromatic nitrogens is 3. The molecule has 5 rings (SSSR count). The number of carbonyl (C=O) groups excluding carboxylic acids is 2. The van der Waals surface area contributed by atoms with E-state index >= 15 is 0 Å². The zero-order valence-electron chi connectivity index (χ0n) is 23.5. The number of hydrogen-bond acceptors (Lipinski definition) is 7. The smallest absolute Gasteiger partial charge is 0.260 e. The molecule has 1 saturated heterocycles. The lowest BCUT2D eigenvalue weighted by Gasteiger charge is -2.29. The number of anilines is 2. The van der Waals surface area contributed by atoms with Crippen molar-refractivity contribution in [3.63, 3.8) is 0 Å². The van der Waals surface area contributed by atoms with Crippen molar-refractivity contribution in [2.75, 3.05) is 36.9 Å². The summed E-state index contributed by atoms with van der Waals surface area (Å²) in [5.41, 5.74) is 4.82. The highest BCUT2D eigenvalue weighted by Crippen LogP contribution is 2.39. The fourth-order valence-corrected chi connectivity index (χ4v) is 5.23. The second-order valence-electron chi connectivity index (χ2n) is 10.2. The maximum absolute atomic E-state index is 13.8. The van der Waals surface area contributed by atoms with E-state index in [1.165, 1.54) is 6.33 Å². The van der Waals surface area contributed by atoms with Gasteiger partial charge in [-0.25, -0.2) is 4.68 Å². The van der Waals surface area contributed by atoms with Crippen molar-refractivity contribution < 1.29 is 19.1 Å². The summed E-state index contributed by atoms with van der Waals surface area (Å²) < 4.78 is 13.6. The number of benzene rings is 2. The Bertz CT molecular complexity index is 1440. The van der Waals surface area contributed by atoms with Gasteiger partial charge in [0.15, 0.2) is 18.1 Å². The van der Waals surface area contributed by atoms with Crippen molar-refractivity contribution in [1.29, 1.82) is 0 Å². The molecule has 40 heavy (non-hydrogen) atoms. The minimum absolute atomic E-state index is 0.0270. The van der Waals surface area contributed by atoms with Gasteiger partial charge in [0, 0.05) is 24.5 Å². The van der Waals surface area contributed by atoms with E-state index < -0.39 is 6.04 Å². The molecule has 210 valence electrons. The lowest BCUT2D eigenvalue weighted by molar-refractivity contribution is -0.134. The Morgan fingerprint density at radius 2 is 1.85 bits per heavy atom. The second-order valence-corrected chi connectivity index (χ2v) is 10.2. The van der Waals surface area contributed by atoms with Crippen LogP contribution in [0.4, 0.5) is 11.6 Å². The van der Waals surface area contributed by atoms with Gasteiger partial charge in [-0.2, -0.15) is 10.1 Å². The number of piperidine rings is 1. The largest absolute Gasteiger partial charge is 0.490 e. The van der Waals surface area contributed by atoms with Gasteiger partial charge in [-0.3, -0.25) is 9.59 Å². The van der Waals surface area contributed by atoms with Crippen LogP contribution in [0.15, 0.2) is 54.0 Å². The molecule has 0 bridgehead atoms. The number of carbonyl (C=O) groups is 2. The summed E-state index contributed by atoms with van der Waals surface area (Å²) in [4.78, 5) is 32.7. The van der Waals surface area contributed by atoms with Crippen molar-refractivity contribution in [3.05, 3.63) is 70.7 Å². The summed E-state index contributed by atoms with van der Waals surface area (Å²) in [7, 11) is 0. The lowest BCUT2D eigenvalue weighted by Crippen LogP contribution is -2.38. The first-order valence-electron chi connectivity index (χ1n) is 13.8. The Morgan fingerprint density at radius 1 is 1.05 bits per heavy atom. The van der Waals surface area contributed by atoms with E-state index in [0.29, 0.717) is 35.3 Å². The van der Waals surface area contributed by atoms with Crippen LogP contribution in [0.2, 0.25) is 0 Å². The molecule has 2 aromatic carbocycles. The minimum atomic E-state index is -0.563. The molecule has 1 atom stereocenters. The molecule has 1 unspecified atom stereocenters. The summed E-state index contributed by atoms with van der Waals surface area (Å²) in [6, 6.07) is 10.8. The Kier molecular flexibility index (Phi) is 8.04. The van der Waals surface area contributed by atoms with Crippen molar-refractivity contribution in [2.24, 2.45) is 0 Å². The normalized spacial score (nSPS) is 16.7. The van der Waals surface area contributed by atoms with Crippen LogP contribution in [0.3, 0.4) is 0 Å². The fraction of sp³-hybridized carbons (Fsp3) is 0.400. The van der Waals surface area contributed by atoms with E-state index in [1.54, 1.807) is 10.7 Å². The lowest BCUT2D eigenvalue weighted by atomic mass is 9.94. The van der Waals surface area contributed by atoms with E-state index in [-0.39, 0.29) is 18.4 Å². The van der Waals surface area contributed by atoms with Gasteiger partial charge in [0.25, 0.3) is 11.8 Å². The molecule has 0 saturated carbocycles. The van der Waals surface area contributed by atoms with Crippen molar-refractivity contribution in [2.45, 2.75) is 53.0 Å². The van der Waals surface area contributed by atoms with E-state index in [1.807, 2.05) is 62.9 Å². The average molecular weight is 545 g/mol. The number of hydrogen-bond donors (Lipinski definition) is 2. The Balaban J connectivity index is 1.45. The van der Waals surface area contributed by atoms with Crippen molar-refractivity contribution >= 4 is 23.5 Å². The fourth-order valence-electron chi connectivity index (χ4n) is 5.23. The van der Waals surface area contributed by atoms with Crippen LogP contribution in [0.25, 0.3) is 0 Å². The minimum Gasteiger partial charge on any atom is -0.490 e. The Morgan fingerprint density at radius 3 is 2.62 bits per heavy atom. The predicted octanol–water partition coefficient (Wildman–Crippen LogP) is 4.61. The molecule has 1 fully saturated rings. The van der Waals surface area contributed by atoms with Crippen molar-refractivity contribution in [3.8, 4) is 11.5 Å². The van der Waals surface area contributed by atoms with Crippen LogP contribution in [-0.2, 0) is 9.59 Å². The van der Waals surface area contributed by atoms with Crippen LogP contribution < -0.4 is 20.1 Å². The maximum atomic E-state index is 13.8. The molecule has 0 spiro atoms. The van der Waals surface area contributed by atoms with Gasteiger partial charge in [0.05, 0.1) is 12.2 Å². The molecule has 2 amide bonds. The first-order valence-corrected chi connectivity index (χ1v) is 13.8. The molecule has 2 aliphatic rings. The number of ether oxygens (including phenoxy) is 2. The van der Waals surface area contributed by atoms with E-state index in [4.69, 9.17) is 9.47 Å². The first kappa shape index (κ1) is 27.2. The number of amides is 2. The summed E-state index contributed by atoms with van der Waals surface area (Å²) in [5, 5.41) is 10.7. The molecule has 2 N–H and O–H groups in total. The van der Waals surface area contributed by atoms with E-state index in [2.05, 4.69) is 20.7 Å². The predicted molar refractivity (Wildman–Crippen MR) is 153 cm³/mol. The number of likely N-dealkylation sites (tertiary alicyclic amines) is 1. The number of allylic oxidation sites excluding steroid dienone is 1. The van der Waals surface area contributed by atoms with Crippen LogP contribution >= 0.6 is 0 Å². The topological polar surface area (TPSA) is 111 Å². The second kappa shape index (κ2) is 11.8. The third-order valence-corrected chi connectivity index (χ3v) is 7.54. The molecule has 0 radical (unpaired) electrons. The first-order chi connectivity index (χ1) is 19.4. The number of nitrogens with one attached hydrogen (secondary N) is 2. The Hall–Kier alpha value is -4.34. The van der Waals surface area contributed by atoms with Gasteiger partial charge in [-0.1, -0.05) is 18.2 Å². The van der Waals surface area contributed by atoms with E-state index in [9.17, 15) is 9.59 Å². The van der Waals surface area contributed by atoms with Gasteiger partial charge < -0.3 is 25.0 Å². The highest BCUT2D eigenvalue weighted by molar-refractivity contribution is 6.06. The number of fused-ring (bicyclic) bond motifs is 1. The molecule has 2 aliphatic heterocycles. The van der Waals surface area contributed by atoms with Crippen LogP contribution in [0.5, 0.6) is 11.5 Å². The molecule has 10 nitrogen and oxygen atoms in total.